The minimum atomic E-state index is -0.322. The number of rotatable bonds is 10. The number of pyridine rings is 1. The van der Waals surface area contributed by atoms with Crippen LogP contribution in [0.2, 0.25) is 0 Å². The van der Waals surface area contributed by atoms with Gasteiger partial charge in [0.1, 0.15) is 17.3 Å². The summed E-state index contributed by atoms with van der Waals surface area (Å²) < 4.78 is 26.9. The minimum Gasteiger partial charge on any atom is -0.494 e. The Bertz CT molecular complexity index is 1350. The molecule has 2 aromatic heterocycles. The van der Waals surface area contributed by atoms with E-state index in [-0.39, 0.29) is 11.8 Å². The number of esters is 1. The number of hydrogen-bond donors (Lipinski definition) is 0. The summed E-state index contributed by atoms with van der Waals surface area (Å²) >= 11 is 0. The van der Waals surface area contributed by atoms with E-state index in [0.29, 0.717) is 36.8 Å². The smallest absolute Gasteiger partial charge is 0.320 e. The summed E-state index contributed by atoms with van der Waals surface area (Å²) in [7, 11) is 0. The highest BCUT2D eigenvalue weighted by molar-refractivity contribution is 5.82. The topological polar surface area (TPSA) is 72.7 Å². The van der Waals surface area contributed by atoms with Gasteiger partial charge in [0.05, 0.1) is 30.8 Å². The third kappa shape index (κ3) is 6.17. The Morgan fingerprint density at radius 1 is 1.00 bits per heavy atom. The number of halogens is 1. The maximum atomic E-state index is 13.9. The molecule has 3 heterocycles. The Hall–Kier alpha value is -3.82. The summed E-state index contributed by atoms with van der Waals surface area (Å²) in [4.78, 5) is 25.3. The molecule has 1 saturated heterocycles. The molecule has 198 valence electrons. The van der Waals surface area contributed by atoms with Gasteiger partial charge in [-0.2, -0.15) is 0 Å². The molecule has 0 amide bonds. The molecule has 2 aromatic carbocycles. The van der Waals surface area contributed by atoms with Crippen LogP contribution in [0.25, 0.3) is 28.2 Å². The Balaban J connectivity index is 1.17. The Kier molecular flexibility index (Phi) is 8.25. The summed E-state index contributed by atoms with van der Waals surface area (Å²) in [6, 6.07) is 18.1. The fourth-order valence-corrected chi connectivity index (χ4v) is 4.71. The normalized spacial score (nSPS) is 14.6. The minimum absolute atomic E-state index is 0.150. The van der Waals surface area contributed by atoms with Crippen LogP contribution in [-0.2, 0) is 9.53 Å². The van der Waals surface area contributed by atoms with Crippen LogP contribution in [-0.4, -0.2) is 82.8 Å². The molecule has 1 aliphatic rings. The number of imidazole rings is 1. The highest BCUT2D eigenvalue weighted by atomic mass is 19.1. The van der Waals surface area contributed by atoms with E-state index < -0.39 is 0 Å². The van der Waals surface area contributed by atoms with E-state index in [1.165, 1.54) is 12.1 Å². The van der Waals surface area contributed by atoms with Gasteiger partial charge in [-0.25, -0.2) is 9.37 Å². The number of fused-ring (bicyclic) bond motifs is 1. The first-order valence-electron chi connectivity index (χ1n) is 13.0. The second-order valence-corrected chi connectivity index (χ2v) is 9.24. The lowest BCUT2D eigenvalue weighted by Crippen LogP contribution is -2.48. The van der Waals surface area contributed by atoms with Crippen LogP contribution >= 0.6 is 0 Å². The molecule has 0 aliphatic carbocycles. The number of hydrogen-bond acceptors (Lipinski definition) is 7. The van der Waals surface area contributed by atoms with Gasteiger partial charge < -0.3 is 14.4 Å². The maximum Gasteiger partial charge on any atom is 0.320 e. The standard InChI is InChI=1S/C29H32FN5O3/c1-2-37-28(36)21-34-17-15-33(16-18-34)14-5-19-38-24-10-8-23(9-11-24)35-27-12-7-22(30)20-26(27)32-29(35)25-6-3-4-13-31-25/h3-4,6-13,20H,2,5,14-19,21H2,1H3. The first-order chi connectivity index (χ1) is 18.6. The molecule has 4 aromatic rings. The molecule has 0 radical (unpaired) electrons. The van der Waals surface area contributed by atoms with Crippen molar-refractivity contribution in [3.05, 3.63) is 72.7 Å². The van der Waals surface area contributed by atoms with Gasteiger partial charge in [0.2, 0.25) is 0 Å². The molecular weight excluding hydrogens is 485 g/mol. The highest BCUT2D eigenvalue weighted by Gasteiger charge is 2.19. The van der Waals surface area contributed by atoms with Crippen molar-refractivity contribution in [3.8, 4) is 23.0 Å². The molecule has 1 fully saturated rings. The number of piperazine rings is 1. The lowest BCUT2D eigenvalue weighted by molar-refractivity contribution is -0.144. The zero-order valence-electron chi connectivity index (χ0n) is 21.6. The van der Waals surface area contributed by atoms with E-state index in [1.54, 1.807) is 12.3 Å². The number of nitrogens with zero attached hydrogens (tertiary/aromatic N) is 5. The number of carbonyl (C=O) groups excluding carboxylic acids is 1. The van der Waals surface area contributed by atoms with Gasteiger partial charge in [0, 0.05) is 50.7 Å². The molecule has 8 nitrogen and oxygen atoms in total. The van der Waals surface area contributed by atoms with Crippen LogP contribution in [0.1, 0.15) is 13.3 Å². The third-order valence-corrected chi connectivity index (χ3v) is 6.62. The van der Waals surface area contributed by atoms with Crippen LogP contribution in [0.5, 0.6) is 5.75 Å². The van der Waals surface area contributed by atoms with Gasteiger partial charge >= 0.3 is 5.97 Å². The number of aromatic nitrogens is 3. The number of carbonyl (C=O) groups is 1. The zero-order chi connectivity index (χ0) is 26.3. The SMILES string of the molecule is CCOC(=O)CN1CCN(CCCOc2ccc(-n3c(-c4ccccn4)nc4cc(F)ccc43)cc2)CC1. The fraction of sp³-hybridized carbons (Fsp3) is 0.345. The zero-order valence-corrected chi connectivity index (χ0v) is 21.6. The Morgan fingerprint density at radius 3 is 2.53 bits per heavy atom. The van der Waals surface area contributed by atoms with Crippen molar-refractivity contribution in [1.82, 2.24) is 24.3 Å². The van der Waals surface area contributed by atoms with Gasteiger partial charge in [0.15, 0.2) is 5.82 Å². The van der Waals surface area contributed by atoms with Crippen LogP contribution in [0.3, 0.4) is 0 Å². The summed E-state index contributed by atoms with van der Waals surface area (Å²) in [6.45, 7) is 7.83. The second kappa shape index (κ2) is 12.1. The van der Waals surface area contributed by atoms with Crippen molar-refractivity contribution < 1.29 is 18.7 Å². The summed E-state index contributed by atoms with van der Waals surface area (Å²) in [6.07, 6.45) is 2.64. The van der Waals surface area contributed by atoms with Crippen molar-refractivity contribution in [1.29, 1.82) is 0 Å². The molecule has 0 N–H and O–H groups in total. The summed E-state index contributed by atoms with van der Waals surface area (Å²) in [5.74, 6) is 0.977. The van der Waals surface area contributed by atoms with E-state index in [9.17, 15) is 9.18 Å². The second-order valence-electron chi connectivity index (χ2n) is 9.24. The van der Waals surface area contributed by atoms with E-state index in [2.05, 4.69) is 19.8 Å². The van der Waals surface area contributed by atoms with Gasteiger partial charge in [-0.3, -0.25) is 19.2 Å². The van der Waals surface area contributed by atoms with Gasteiger partial charge in [0.25, 0.3) is 0 Å². The monoisotopic (exact) mass is 517 g/mol. The Morgan fingerprint density at radius 2 is 1.79 bits per heavy atom. The number of benzene rings is 2. The Labute approximate surface area is 221 Å². The first kappa shape index (κ1) is 25.8. The summed E-state index contributed by atoms with van der Waals surface area (Å²) in [5.41, 5.74) is 3.00. The largest absolute Gasteiger partial charge is 0.494 e. The van der Waals surface area contributed by atoms with Gasteiger partial charge in [-0.15, -0.1) is 0 Å². The molecule has 38 heavy (non-hydrogen) atoms. The van der Waals surface area contributed by atoms with Crippen molar-refractivity contribution in [3.63, 3.8) is 0 Å². The molecule has 9 heteroatoms. The highest BCUT2D eigenvalue weighted by Crippen LogP contribution is 2.29. The summed E-state index contributed by atoms with van der Waals surface area (Å²) in [5, 5.41) is 0. The maximum absolute atomic E-state index is 13.9. The van der Waals surface area contributed by atoms with E-state index in [4.69, 9.17) is 9.47 Å². The van der Waals surface area contributed by atoms with E-state index in [0.717, 1.165) is 56.1 Å². The van der Waals surface area contributed by atoms with Crippen molar-refractivity contribution in [2.24, 2.45) is 0 Å². The lowest BCUT2D eigenvalue weighted by atomic mass is 10.2. The average molecular weight is 518 g/mol. The van der Waals surface area contributed by atoms with E-state index in [1.807, 2.05) is 54.0 Å². The van der Waals surface area contributed by atoms with E-state index >= 15 is 0 Å². The molecule has 0 spiro atoms. The predicted octanol–water partition coefficient (Wildman–Crippen LogP) is 4.18. The fourth-order valence-electron chi connectivity index (χ4n) is 4.71. The third-order valence-electron chi connectivity index (χ3n) is 6.62. The van der Waals surface area contributed by atoms with Crippen molar-refractivity contribution in [2.45, 2.75) is 13.3 Å². The molecule has 5 rings (SSSR count). The van der Waals surface area contributed by atoms with Gasteiger partial charge in [-0.1, -0.05) is 6.07 Å². The molecule has 0 unspecified atom stereocenters. The quantitative estimate of drug-likeness (QED) is 0.231. The molecule has 0 saturated carbocycles. The van der Waals surface area contributed by atoms with Crippen LogP contribution < -0.4 is 4.74 Å². The molecule has 1 aliphatic heterocycles. The van der Waals surface area contributed by atoms with Crippen LogP contribution in [0, 0.1) is 5.82 Å². The molecule has 0 bridgehead atoms. The lowest BCUT2D eigenvalue weighted by Gasteiger charge is -2.34. The van der Waals surface area contributed by atoms with Crippen LogP contribution in [0.15, 0.2) is 66.9 Å². The molecule has 0 atom stereocenters. The average Bonchev–Trinajstić information content (AvgIpc) is 3.31. The van der Waals surface area contributed by atoms with Crippen LogP contribution in [0.4, 0.5) is 4.39 Å². The molecular formula is C29H32FN5O3. The number of ether oxygens (including phenoxy) is 2. The van der Waals surface area contributed by atoms with Crippen molar-refractivity contribution >= 4 is 17.0 Å². The van der Waals surface area contributed by atoms with Crippen molar-refractivity contribution in [2.75, 3.05) is 52.5 Å². The van der Waals surface area contributed by atoms with Gasteiger partial charge in [-0.05, 0) is 61.9 Å². The first-order valence-corrected chi connectivity index (χ1v) is 13.0. The predicted molar refractivity (Wildman–Crippen MR) is 144 cm³/mol.